The minimum Gasteiger partial charge on any atom is -0.496 e. The molecular formula is C19H19Cl2F4NO. The number of hydrogen-bond acceptors (Lipinski definition) is 2. The summed E-state index contributed by atoms with van der Waals surface area (Å²) in [7, 11) is 1.39. The van der Waals surface area contributed by atoms with E-state index in [1.165, 1.54) is 13.2 Å². The molecule has 148 valence electrons. The number of hydrogen-bond donors (Lipinski definition) is 0. The summed E-state index contributed by atoms with van der Waals surface area (Å²) in [5.74, 6) is -0.939. The third-order valence-corrected chi connectivity index (χ3v) is 4.89. The summed E-state index contributed by atoms with van der Waals surface area (Å²) in [5, 5.41) is -0.461. The number of aromatic nitrogens is 1. The largest absolute Gasteiger partial charge is 0.496 e. The summed E-state index contributed by atoms with van der Waals surface area (Å²) in [6.45, 7) is 5.24. The molecule has 2 aromatic rings. The Morgan fingerprint density at radius 1 is 1.11 bits per heavy atom. The molecule has 0 saturated carbocycles. The van der Waals surface area contributed by atoms with Crippen LogP contribution < -0.4 is 4.74 Å². The highest BCUT2D eigenvalue weighted by atomic mass is 35.5. The second-order valence-electron chi connectivity index (χ2n) is 6.63. The van der Waals surface area contributed by atoms with E-state index in [1.54, 1.807) is 20.8 Å². The van der Waals surface area contributed by atoms with Crippen molar-refractivity contribution in [2.45, 2.75) is 45.2 Å². The second-order valence-corrected chi connectivity index (χ2v) is 7.41. The maximum Gasteiger partial charge on any atom is 0.417 e. The fourth-order valence-corrected chi connectivity index (χ4v) is 3.42. The minimum atomic E-state index is -4.58. The Balaban J connectivity index is 2.48. The fraction of sp³-hybridized carbons (Fsp3) is 0.421. The van der Waals surface area contributed by atoms with Crippen LogP contribution in [0.1, 0.15) is 55.1 Å². The summed E-state index contributed by atoms with van der Waals surface area (Å²) < 4.78 is 58.9. The molecule has 2 rings (SSSR count). The molecule has 0 aliphatic rings. The van der Waals surface area contributed by atoms with Gasteiger partial charge in [0.25, 0.3) is 0 Å². The van der Waals surface area contributed by atoms with Gasteiger partial charge in [-0.2, -0.15) is 13.2 Å². The van der Waals surface area contributed by atoms with Crippen LogP contribution in [0.5, 0.6) is 5.75 Å². The standard InChI is InChI=1S/C19H19Cl2F4NO/c1-9(2)18-17(21)13(19(23,24)25)6-11(26-18)5-10(3)12-7-14(20)15(22)8-16(12)27-4/h6-10H,5H2,1-4H3. The smallest absolute Gasteiger partial charge is 0.417 e. The zero-order chi connectivity index (χ0) is 20.5. The lowest BCUT2D eigenvalue weighted by molar-refractivity contribution is -0.137. The van der Waals surface area contributed by atoms with Crippen molar-refractivity contribution < 1.29 is 22.3 Å². The van der Waals surface area contributed by atoms with Crippen molar-refractivity contribution in [3.63, 3.8) is 0 Å². The van der Waals surface area contributed by atoms with Crippen LogP contribution in [0.2, 0.25) is 10.0 Å². The molecule has 0 bridgehead atoms. The molecule has 1 unspecified atom stereocenters. The van der Waals surface area contributed by atoms with E-state index in [0.717, 1.165) is 12.1 Å². The molecule has 0 aliphatic carbocycles. The first-order valence-corrected chi connectivity index (χ1v) is 9.00. The molecule has 8 heteroatoms. The quantitative estimate of drug-likeness (QED) is 0.481. The highest BCUT2D eigenvalue weighted by molar-refractivity contribution is 6.32. The van der Waals surface area contributed by atoms with Crippen molar-refractivity contribution in [3.05, 3.63) is 56.6 Å². The normalized spacial score (nSPS) is 13.1. The Labute approximate surface area is 165 Å². The molecule has 1 aromatic carbocycles. The molecule has 0 amide bonds. The van der Waals surface area contributed by atoms with Crippen LogP contribution in [-0.2, 0) is 12.6 Å². The number of methoxy groups -OCH3 is 1. The van der Waals surface area contributed by atoms with E-state index in [-0.39, 0.29) is 45.4 Å². The van der Waals surface area contributed by atoms with Crippen molar-refractivity contribution in [2.75, 3.05) is 7.11 Å². The van der Waals surface area contributed by atoms with E-state index in [1.807, 2.05) is 0 Å². The van der Waals surface area contributed by atoms with Gasteiger partial charge in [-0.1, -0.05) is 44.0 Å². The van der Waals surface area contributed by atoms with E-state index in [9.17, 15) is 17.6 Å². The zero-order valence-electron chi connectivity index (χ0n) is 15.2. The van der Waals surface area contributed by atoms with Crippen LogP contribution in [0.15, 0.2) is 18.2 Å². The van der Waals surface area contributed by atoms with Gasteiger partial charge in [0, 0.05) is 11.8 Å². The predicted molar refractivity (Wildman–Crippen MR) is 98.4 cm³/mol. The van der Waals surface area contributed by atoms with Crippen LogP contribution in [0, 0.1) is 5.82 Å². The molecule has 0 N–H and O–H groups in total. The summed E-state index contributed by atoms with van der Waals surface area (Å²) >= 11 is 11.8. The van der Waals surface area contributed by atoms with Gasteiger partial charge in [0.05, 0.1) is 28.4 Å². The molecule has 0 aliphatic heterocycles. The summed E-state index contributed by atoms with van der Waals surface area (Å²) in [6.07, 6.45) is -4.41. The Morgan fingerprint density at radius 3 is 2.26 bits per heavy atom. The van der Waals surface area contributed by atoms with E-state index in [4.69, 9.17) is 27.9 Å². The van der Waals surface area contributed by atoms with Crippen LogP contribution in [-0.4, -0.2) is 12.1 Å². The maximum atomic E-state index is 13.6. The number of halogens is 6. The van der Waals surface area contributed by atoms with Crippen LogP contribution >= 0.6 is 23.2 Å². The summed E-state index contributed by atoms with van der Waals surface area (Å²) in [6, 6.07) is 3.54. The van der Waals surface area contributed by atoms with Crippen molar-refractivity contribution in [1.82, 2.24) is 4.98 Å². The van der Waals surface area contributed by atoms with Crippen molar-refractivity contribution in [2.24, 2.45) is 0 Å². The van der Waals surface area contributed by atoms with Gasteiger partial charge in [-0.05, 0) is 36.0 Å². The Hall–Kier alpha value is -1.53. The lowest BCUT2D eigenvalue weighted by Crippen LogP contribution is -2.13. The van der Waals surface area contributed by atoms with Gasteiger partial charge in [-0.15, -0.1) is 0 Å². The van der Waals surface area contributed by atoms with Gasteiger partial charge in [-0.25, -0.2) is 4.39 Å². The molecule has 1 aromatic heterocycles. The van der Waals surface area contributed by atoms with Crippen molar-refractivity contribution >= 4 is 23.2 Å². The molecule has 1 atom stereocenters. The fourth-order valence-electron chi connectivity index (χ4n) is 2.83. The lowest BCUT2D eigenvalue weighted by Gasteiger charge is -2.19. The zero-order valence-corrected chi connectivity index (χ0v) is 16.7. The van der Waals surface area contributed by atoms with Crippen LogP contribution in [0.25, 0.3) is 0 Å². The lowest BCUT2D eigenvalue weighted by atomic mass is 9.93. The monoisotopic (exact) mass is 423 g/mol. The third kappa shape index (κ3) is 4.85. The number of benzene rings is 1. The number of alkyl halides is 3. The summed E-state index contributed by atoms with van der Waals surface area (Å²) in [4.78, 5) is 4.33. The molecule has 1 heterocycles. The van der Waals surface area contributed by atoms with Gasteiger partial charge in [0.2, 0.25) is 0 Å². The predicted octanol–water partition coefficient (Wildman–Crippen LogP) is 7.02. The van der Waals surface area contributed by atoms with Gasteiger partial charge in [0.15, 0.2) is 0 Å². The highest BCUT2D eigenvalue weighted by Crippen LogP contribution is 2.39. The Morgan fingerprint density at radius 2 is 1.74 bits per heavy atom. The van der Waals surface area contributed by atoms with Crippen molar-refractivity contribution in [1.29, 1.82) is 0 Å². The first kappa shape index (κ1) is 21.8. The first-order valence-electron chi connectivity index (χ1n) is 8.25. The average Bonchev–Trinajstić information content (AvgIpc) is 2.56. The average molecular weight is 424 g/mol. The maximum absolute atomic E-state index is 13.6. The number of rotatable bonds is 5. The highest BCUT2D eigenvalue weighted by Gasteiger charge is 2.35. The van der Waals surface area contributed by atoms with E-state index in [2.05, 4.69) is 4.98 Å². The third-order valence-electron chi connectivity index (χ3n) is 4.21. The molecule has 0 spiro atoms. The molecule has 27 heavy (non-hydrogen) atoms. The number of ether oxygens (including phenoxy) is 1. The Kier molecular flexibility index (Phi) is 6.63. The van der Waals surface area contributed by atoms with E-state index >= 15 is 0 Å². The van der Waals surface area contributed by atoms with E-state index in [0.29, 0.717) is 5.56 Å². The van der Waals surface area contributed by atoms with E-state index < -0.39 is 17.6 Å². The van der Waals surface area contributed by atoms with Gasteiger partial charge < -0.3 is 4.74 Å². The number of nitrogens with zero attached hydrogens (tertiary/aromatic N) is 1. The second kappa shape index (κ2) is 8.23. The first-order chi connectivity index (χ1) is 12.5. The van der Waals surface area contributed by atoms with Crippen LogP contribution in [0.4, 0.5) is 17.6 Å². The Bertz CT molecular complexity index is 837. The number of pyridine rings is 1. The SMILES string of the molecule is COc1cc(F)c(Cl)cc1C(C)Cc1cc(C(F)(F)F)c(Cl)c(C(C)C)n1. The molecule has 2 nitrogen and oxygen atoms in total. The molecular weight excluding hydrogens is 405 g/mol. The minimum absolute atomic E-state index is 0.0828. The van der Waals surface area contributed by atoms with Crippen molar-refractivity contribution in [3.8, 4) is 5.75 Å². The van der Waals surface area contributed by atoms with Gasteiger partial charge in [0.1, 0.15) is 11.6 Å². The molecule has 0 radical (unpaired) electrons. The van der Waals surface area contributed by atoms with Gasteiger partial charge >= 0.3 is 6.18 Å². The van der Waals surface area contributed by atoms with Crippen LogP contribution in [0.3, 0.4) is 0 Å². The molecule has 0 saturated heterocycles. The molecule has 0 fully saturated rings. The summed E-state index contributed by atoms with van der Waals surface area (Å²) in [5.41, 5.74) is 0.109. The topological polar surface area (TPSA) is 22.1 Å². The van der Waals surface area contributed by atoms with Gasteiger partial charge in [-0.3, -0.25) is 4.98 Å².